The van der Waals surface area contributed by atoms with E-state index in [2.05, 4.69) is 26.3 Å². The number of nitrogens with zero attached hydrogens (tertiary/aromatic N) is 5. The lowest BCUT2D eigenvalue weighted by Gasteiger charge is -2.34. The SMILES string of the molecule is COC(=O)c1cn(C2CCCN(c3cc(N)nc4ccccc34)C2)nn1. The number of esters is 1. The van der Waals surface area contributed by atoms with Gasteiger partial charge in [0.2, 0.25) is 0 Å². The van der Waals surface area contributed by atoms with E-state index in [1.807, 2.05) is 24.3 Å². The number of rotatable bonds is 3. The van der Waals surface area contributed by atoms with Gasteiger partial charge in [-0.25, -0.2) is 14.5 Å². The van der Waals surface area contributed by atoms with Gasteiger partial charge in [0.25, 0.3) is 0 Å². The van der Waals surface area contributed by atoms with Gasteiger partial charge in [-0.2, -0.15) is 0 Å². The Bertz CT molecular complexity index is 954. The van der Waals surface area contributed by atoms with E-state index >= 15 is 0 Å². The first-order valence-electron chi connectivity index (χ1n) is 8.56. The van der Waals surface area contributed by atoms with Crippen LogP contribution in [0.2, 0.25) is 0 Å². The third-order valence-electron chi connectivity index (χ3n) is 4.73. The Labute approximate surface area is 150 Å². The van der Waals surface area contributed by atoms with Crippen molar-refractivity contribution >= 4 is 28.4 Å². The first kappa shape index (κ1) is 16.3. The number of benzene rings is 1. The van der Waals surface area contributed by atoms with Gasteiger partial charge in [-0.1, -0.05) is 23.4 Å². The molecule has 134 valence electrons. The molecule has 1 unspecified atom stereocenters. The zero-order chi connectivity index (χ0) is 18.1. The Morgan fingerprint density at radius 1 is 1.35 bits per heavy atom. The number of nitrogen functional groups attached to an aromatic ring is 1. The predicted molar refractivity (Wildman–Crippen MR) is 98.0 cm³/mol. The summed E-state index contributed by atoms with van der Waals surface area (Å²) in [7, 11) is 1.34. The second-order valence-corrected chi connectivity index (χ2v) is 6.40. The summed E-state index contributed by atoms with van der Waals surface area (Å²) in [5, 5.41) is 9.11. The molecule has 0 aliphatic carbocycles. The fraction of sp³-hybridized carbons (Fsp3) is 0.333. The van der Waals surface area contributed by atoms with Gasteiger partial charge in [-0.3, -0.25) is 0 Å². The number of methoxy groups -OCH3 is 1. The third-order valence-corrected chi connectivity index (χ3v) is 4.73. The Balaban J connectivity index is 1.63. The summed E-state index contributed by atoms with van der Waals surface area (Å²) in [5.41, 5.74) is 8.20. The van der Waals surface area contributed by atoms with Gasteiger partial charge < -0.3 is 15.4 Å². The number of fused-ring (bicyclic) bond motifs is 1. The molecule has 1 saturated heterocycles. The summed E-state index contributed by atoms with van der Waals surface area (Å²) in [6.07, 6.45) is 3.63. The maximum atomic E-state index is 11.6. The van der Waals surface area contributed by atoms with E-state index in [9.17, 15) is 4.79 Å². The van der Waals surface area contributed by atoms with Crippen LogP contribution in [0.3, 0.4) is 0 Å². The van der Waals surface area contributed by atoms with Crippen LogP contribution in [0.4, 0.5) is 11.5 Å². The van der Waals surface area contributed by atoms with Crippen LogP contribution in [0.5, 0.6) is 0 Å². The van der Waals surface area contributed by atoms with Gasteiger partial charge in [0.1, 0.15) is 5.82 Å². The van der Waals surface area contributed by atoms with E-state index in [1.54, 1.807) is 10.9 Å². The number of carbonyl (C=O) groups is 1. The van der Waals surface area contributed by atoms with Crippen LogP contribution >= 0.6 is 0 Å². The van der Waals surface area contributed by atoms with Crippen LogP contribution in [-0.4, -0.2) is 46.1 Å². The topological polar surface area (TPSA) is 99.2 Å². The molecule has 3 aromatic rings. The molecule has 1 aliphatic rings. The number of carbonyl (C=O) groups excluding carboxylic acids is 1. The molecule has 0 radical (unpaired) electrons. The van der Waals surface area contributed by atoms with E-state index in [0.29, 0.717) is 5.82 Å². The van der Waals surface area contributed by atoms with Gasteiger partial charge in [0.05, 0.1) is 24.9 Å². The smallest absolute Gasteiger partial charge is 0.360 e. The first-order valence-corrected chi connectivity index (χ1v) is 8.56. The number of aromatic nitrogens is 4. The van der Waals surface area contributed by atoms with Gasteiger partial charge >= 0.3 is 5.97 Å². The van der Waals surface area contributed by atoms with Crippen molar-refractivity contribution in [2.24, 2.45) is 0 Å². The largest absolute Gasteiger partial charge is 0.464 e. The number of para-hydroxylation sites is 1. The van der Waals surface area contributed by atoms with E-state index < -0.39 is 5.97 Å². The number of nitrogens with two attached hydrogens (primary N) is 1. The molecule has 0 saturated carbocycles. The normalized spacial score (nSPS) is 17.4. The summed E-state index contributed by atoms with van der Waals surface area (Å²) >= 11 is 0. The molecule has 2 N–H and O–H groups in total. The van der Waals surface area contributed by atoms with E-state index in [1.165, 1.54) is 7.11 Å². The number of pyridine rings is 1. The fourth-order valence-corrected chi connectivity index (χ4v) is 3.48. The van der Waals surface area contributed by atoms with Crippen molar-refractivity contribution in [3.8, 4) is 0 Å². The molecule has 1 fully saturated rings. The van der Waals surface area contributed by atoms with Crippen molar-refractivity contribution in [1.82, 2.24) is 20.0 Å². The summed E-state index contributed by atoms with van der Waals surface area (Å²) in [4.78, 5) is 18.3. The van der Waals surface area contributed by atoms with E-state index in [-0.39, 0.29) is 11.7 Å². The molecule has 1 aliphatic heterocycles. The van der Waals surface area contributed by atoms with Gasteiger partial charge in [0.15, 0.2) is 5.69 Å². The molecule has 0 amide bonds. The fourth-order valence-electron chi connectivity index (χ4n) is 3.48. The first-order chi connectivity index (χ1) is 12.7. The van der Waals surface area contributed by atoms with Crippen molar-refractivity contribution < 1.29 is 9.53 Å². The maximum absolute atomic E-state index is 11.6. The second kappa shape index (κ2) is 6.62. The molecule has 8 heteroatoms. The number of hydrogen-bond acceptors (Lipinski definition) is 7. The lowest BCUT2D eigenvalue weighted by Crippen LogP contribution is -2.37. The minimum absolute atomic E-state index is 0.128. The number of ether oxygens (including phenoxy) is 1. The van der Waals surface area contributed by atoms with E-state index in [0.717, 1.165) is 42.5 Å². The molecule has 26 heavy (non-hydrogen) atoms. The van der Waals surface area contributed by atoms with Gasteiger partial charge in [-0.05, 0) is 18.9 Å². The summed E-state index contributed by atoms with van der Waals surface area (Å²) in [6.45, 7) is 1.69. The van der Waals surface area contributed by atoms with Crippen molar-refractivity contribution in [2.45, 2.75) is 18.9 Å². The monoisotopic (exact) mass is 352 g/mol. The Kier molecular flexibility index (Phi) is 4.16. The summed E-state index contributed by atoms with van der Waals surface area (Å²) in [6, 6.07) is 10.0. The van der Waals surface area contributed by atoms with E-state index in [4.69, 9.17) is 10.5 Å². The summed E-state index contributed by atoms with van der Waals surface area (Å²) < 4.78 is 6.46. The lowest BCUT2D eigenvalue weighted by molar-refractivity contribution is 0.0594. The average Bonchev–Trinajstić information content (AvgIpc) is 3.17. The molecular weight excluding hydrogens is 332 g/mol. The van der Waals surface area contributed by atoms with Crippen LogP contribution < -0.4 is 10.6 Å². The Hall–Kier alpha value is -3.16. The van der Waals surface area contributed by atoms with Gasteiger partial charge in [-0.15, -0.1) is 5.10 Å². The second-order valence-electron chi connectivity index (χ2n) is 6.40. The van der Waals surface area contributed by atoms with Crippen molar-refractivity contribution in [3.05, 3.63) is 42.2 Å². The number of anilines is 2. The highest BCUT2D eigenvalue weighted by molar-refractivity contribution is 5.93. The summed E-state index contributed by atoms with van der Waals surface area (Å²) in [5.74, 6) is 0.0337. The van der Waals surface area contributed by atoms with Crippen molar-refractivity contribution in [1.29, 1.82) is 0 Å². The standard InChI is InChI=1S/C18H20N6O2/c1-26-18(25)15-11-24(22-21-15)12-5-4-8-23(10-12)16-9-17(19)20-14-7-3-2-6-13(14)16/h2-3,6-7,9,11-12H,4-5,8,10H2,1H3,(H2,19,20). The number of piperidine rings is 1. The quantitative estimate of drug-likeness (QED) is 0.720. The lowest BCUT2D eigenvalue weighted by atomic mass is 10.0. The Morgan fingerprint density at radius 3 is 3.04 bits per heavy atom. The van der Waals surface area contributed by atoms with Crippen LogP contribution in [0.25, 0.3) is 10.9 Å². The molecule has 1 atom stereocenters. The van der Waals surface area contributed by atoms with Gasteiger partial charge in [0, 0.05) is 30.2 Å². The number of hydrogen-bond donors (Lipinski definition) is 1. The third kappa shape index (κ3) is 2.94. The van der Waals surface area contributed by atoms with Crippen LogP contribution in [0, 0.1) is 0 Å². The van der Waals surface area contributed by atoms with Crippen LogP contribution in [-0.2, 0) is 4.74 Å². The highest BCUT2D eigenvalue weighted by Crippen LogP contribution is 2.32. The van der Waals surface area contributed by atoms with Crippen molar-refractivity contribution in [2.75, 3.05) is 30.8 Å². The zero-order valence-electron chi connectivity index (χ0n) is 14.5. The predicted octanol–water partition coefficient (Wildman–Crippen LogP) is 2.04. The molecule has 2 aromatic heterocycles. The molecule has 4 rings (SSSR count). The van der Waals surface area contributed by atoms with Crippen LogP contribution in [0.15, 0.2) is 36.5 Å². The minimum Gasteiger partial charge on any atom is -0.464 e. The minimum atomic E-state index is -0.475. The Morgan fingerprint density at radius 2 is 2.19 bits per heavy atom. The van der Waals surface area contributed by atoms with Crippen molar-refractivity contribution in [3.63, 3.8) is 0 Å². The molecular formula is C18H20N6O2. The highest BCUT2D eigenvalue weighted by atomic mass is 16.5. The molecule has 0 spiro atoms. The average molecular weight is 352 g/mol. The zero-order valence-corrected chi connectivity index (χ0v) is 14.5. The molecule has 1 aromatic carbocycles. The molecule has 0 bridgehead atoms. The van der Waals surface area contributed by atoms with Crippen LogP contribution in [0.1, 0.15) is 29.4 Å². The molecule has 8 nitrogen and oxygen atoms in total. The maximum Gasteiger partial charge on any atom is 0.360 e. The highest BCUT2D eigenvalue weighted by Gasteiger charge is 2.25. The molecule has 3 heterocycles.